The largest absolute Gasteiger partial charge is 0.448 e. The Labute approximate surface area is 184 Å². The van der Waals surface area contributed by atoms with Gasteiger partial charge in [-0.15, -0.1) is 0 Å². The van der Waals surface area contributed by atoms with Gasteiger partial charge in [0, 0.05) is 11.1 Å². The van der Waals surface area contributed by atoms with Gasteiger partial charge in [0.25, 0.3) is 11.5 Å². The van der Waals surface area contributed by atoms with Crippen molar-refractivity contribution >= 4 is 33.7 Å². The quantitative estimate of drug-likeness (QED) is 0.442. The summed E-state index contributed by atoms with van der Waals surface area (Å²) in [5, 5.41) is 3.76. The van der Waals surface area contributed by atoms with E-state index in [1.807, 2.05) is 80.6 Å². The highest BCUT2D eigenvalue weighted by molar-refractivity contribution is 6.02. The molecule has 1 amide bonds. The number of carbonyl (C=O) groups excluding carboxylic acids is 1. The van der Waals surface area contributed by atoms with E-state index in [2.05, 4.69) is 10.3 Å². The lowest BCUT2D eigenvalue weighted by molar-refractivity contribution is -0.118. The summed E-state index contributed by atoms with van der Waals surface area (Å²) in [4.78, 5) is 31.4. The highest BCUT2D eigenvalue weighted by Gasteiger charge is 2.26. The van der Waals surface area contributed by atoms with Crippen LogP contribution in [0.2, 0.25) is 0 Å². The molecule has 3 aromatic carbocycles. The van der Waals surface area contributed by atoms with Gasteiger partial charge >= 0.3 is 0 Å². The third-order valence-corrected chi connectivity index (χ3v) is 5.60. The minimum absolute atomic E-state index is 0.133. The number of carbonyl (C=O) groups is 1. The highest BCUT2D eigenvalue weighted by atomic mass is 16.3. The second-order valence-corrected chi connectivity index (χ2v) is 7.85. The second-order valence-electron chi connectivity index (χ2n) is 7.85. The Balaban J connectivity index is 1.66. The lowest BCUT2D eigenvalue weighted by Crippen LogP contribution is -2.34. The van der Waals surface area contributed by atoms with Crippen molar-refractivity contribution in [2.45, 2.75) is 19.9 Å². The van der Waals surface area contributed by atoms with Crippen LogP contribution in [0.1, 0.15) is 22.7 Å². The number of para-hydroxylation sites is 1. The van der Waals surface area contributed by atoms with Crippen LogP contribution in [0.5, 0.6) is 0 Å². The molecule has 32 heavy (non-hydrogen) atoms. The van der Waals surface area contributed by atoms with Gasteiger partial charge in [-0.05, 0) is 48.7 Å². The molecule has 0 fully saturated rings. The third-order valence-electron chi connectivity index (χ3n) is 5.60. The van der Waals surface area contributed by atoms with E-state index in [0.717, 1.165) is 16.5 Å². The van der Waals surface area contributed by atoms with Crippen molar-refractivity contribution in [3.05, 3.63) is 106 Å². The topological polar surface area (TPSA) is 77.1 Å². The van der Waals surface area contributed by atoms with Crippen molar-refractivity contribution in [2.24, 2.45) is 0 Å². The summed E-state index contributed by atoms with van der Waals surface area (Å²) in [7, 11) is 0. The van der Waals surface area contributed by atoms with E-state index in [1.165, 1.54) is 10.9 Å². The zero-order valence-corrected chi connectivity index (χ0v) is 17.7. The Morgan fingerprint density at radius 1 is 1.00 bits per heavy atom. The van der Waals surface area contributed by atoms with Gasteiger partial charge < -0.3 is 9.73 Å². The number of benzene rings is 3. The molecule has 6 nitrogen and oxygen atoms in total. The summed E-state index contributed by atoms with van der Waals surface area (Å²) < 4.78 is 7.15. The first-order chi connectivity index (χ1) is 15.5. The second kappa shape index (κ2) is 7.81. The SMILES string of the molecule is Cc1ccc(C)c(NC(=O)C(c2ccccc2)n2cnc3c(oc4ccccc43)c2=O)c1. The van der Waals surface area contributed by atoms with Crippen molar-refractivity contribution < 1.29 is 9.21 Å². The Hall–Kier alpha value is -4.19. The highest BCUT2D eigenvalue weighted by Crippen LogP contribution is 2.26. The van der Waals surface area contributed by atoms with Crippen LogP contribution < -0.4 is 10.9 Å². The number of hydrogen-bond acceptors (Lipinski definition) is 4. The molecule has 1 N–H and O–H groups in total. The Kier molecular flexibility index (Phi) is 4.82. The Morgan fingerprint density at radius 3 is 2.56 bits per heavy atom. The average molecular weight is 423 g/mol. The number of fused-ring (bicyclic) bond motifs is 3. The molecular formula is C26H21N3O3. The van der Waals surface area contributed by atoms with Crippen LogP contribution in [-0.4, -0.2) is 15.5 Å². The summed E-state index contributed by atoms with van der Waals surface area (Å²) >= 11 is 0. The van der Waals surface area contributed by atoms with Crippen molar-refractivity contribution in [3.63, 3.8) is 0 Å². The standard InChI is InChI=1S/C26H21N3O3/c1-16-12-13-17(2)20(14-16)28-25(30)23(18-8-4-3-5-9-18)29-15-27-22-19-10-6-7-11-21(19)32-24(22)26(29)31/h3-15,23H,1-2H3,(H,28,30). The van der Waals surface area contributed by atoms with Crippen molar-refractivity contribution in [1.29, 1.82) is 0 Å². The number of rotatable bonds is 4. The molecule has 0 aliphatic rings. The molecule has 1 atom stereocenters. The molecule has 2 heterocycles. The van der Waals surface area contributed by atoms with Gasteiger partial charge in [-0.2, -0.15) is 0 Å². The van der Waals surface area contributed by atoms with Crippen LogP contribution in [0.3, 0.4) is 0 Å². The van der Waals surface area contributed by atoms with E-state index in [1.54, 1.807) is 6.07 Å². The first-order valence-corrected chi connectivity index (χ1v) is 10.3. The fraction of sp³-hybridized carbons (Fsp3) is 0.115. The maximum absolute atomic E-state index is 13.5. The Bertz CT molecular complexity index is 1520. The summed E-state index contributed by atoms with van der Waals surface area (Å²) in [5.74, 6) is -0.329. The summed E-state index contributed by atoms with van der Waals surface area (Å²) in [5.41, 5.74) is 4.16. The lowest BCUT2D eigenvalue weighted by Gasteiger charge is -2.20. The number of anilines is 1. The third kappa shape index (κ3) is 3.36. The van der Waals surface area contributed by atoms with E-state index in [4.69, 9.17) is 4.42 Å². The predicted octanol–water partition coefficient (Wildman–Crippen LogP) is 4.99. The molecule has 5 aromatic rings. The molecule has 158 valence electrons. The molecule has 1 unspecified atom stereocenters. The minimum atomic E-state index is -0.909. The van der Waals surface area contributed by atoms with Gasteiger partial charge in [-0.1, -0.05) is 54.6 Å². The summed E-state index contributed by atoms with van der Waals surface area (Å²) in [6.07, 6.45) is 1.42. The molecule has 0 saturated carbocycles. The average Bonchev–Trinajstić information content (AvgIpc) is 3.18. The van der Waals surface area contributed by atoms with Crippen LogP contribution in [0, 0.1) is 13.8 Å². The van der Waals surface area contributed by atoms with Gasteiger partial charge in [-0.25, -0.2) is 4.98 Å². The van der Waals surface area contributed by atoms with E-state index in [-0.39, 0.29) is 11.5 Å². The predicted molar refractivity (Wildman–Crippen MR) is 125 cm³/mol. The van der Waals surface area contributed by atoms with Crippen molar-refractivity contribution in [3.8, 4) is 0 Å². The normalized spacial score (nSPS) is 12.2. The molecule has 0 saturated heterocycles. The first-order valence-electron chi connectivity index (χ1n) is 10.3. The minimum Gasteiger partial charge on any atom is -0.448 e. The van der Waals surface area contributed by atoms with E-state index < -0.39 is 11.6 Å². The molecular weight excluding hydrogens is 402 g/mol. The van der Waals surface area contributed by atoms with Gasteiger partial charge in [0.1, 0.15) is 17.1 Å². The molecule has 0 aliphatic heterocycles. The fourth-order valence-electron chi connectivity index (χ4n) is 3.92. The number of nitrogens with zero attached hydrogens (tertiary/aromatic N) is 2. The molecule has 2 aromatic heterocycles. The number of amides is 1. The zero-order chi connectivity index (χ0) is 22.2. The monoisotopic (exact) mass is 423 g/mol. The summed E-state index contributed by atoms with van der Waals surface area (Å²) in [6, 6.07) is 21.5. The van der Waals surface area contributed by atoms with Gasteiger partial charge in [-0.3, -0.25) is 14.2 Å². The molecule has 0 radical (unpaired) electrons. The molecule has 6 heteroatoms. The van der Waals surface area contributed by atoms with Crippen LogP contribution >= 0.6 is 0 Å². The van der Waals surface area contributed by atoms with Crippen LogP contribution in [-0.2, 0) is 4.79 Å². The first kappa shape index (κ1) is 19.8. The van der Waals surface area contributed by atoms with Crippen molar-refractivity contribution in [1.82, 2.24) is 9.55 Å². The van der Waals surface area contributed by atoms with Crippen molar-refractivity contribution in [2.75, 3.05) is 5.32 Å². The van der Waals surface area contributed by atoms with E-state index in [0.29, 0.717) is 22.4 Å². The molecule has 0 bridgehead atoms. The number of aryl methyl sites for hydroxylation is 2. The van der Waals surface area contributed by atoms with E-state index >= 15 is 0 Å². The number of nitrogens with one attached hydrogen (secondary N) is 1. The zero-order valence-electron chi connectivity index (χ0n) is 17.7. The fourth-order valence-corrected chi connectivity index (χ4v) is 3.92. The van der Waals surface area contributed by atoms with Gasteiger partial charge in [0.2, 0.25) is 5.58 Å². The molecule has 0 aliphatic carbocycles. The maximum Gasteiger partial charge on any atom is 0.298 e. The van der Waals surface area contributed by atoms with E-state index in [9.17, 15) is 9.59 Å². The van der Waals surface area contributed by atoms with Gasteiger partial charge in [0.05, 0.1) is 6.33 Å². The van der Waals surface area contributed by atoms with Gasteiger partial charge in [0.15, 0.2) is 0 Å². The summed E-state index contributed by atoms with van der Waals surface area (Å²) in [6.45, 7) is 3.90. The molecule has 0 spiro atoms. The number of hydrogen-bond donors (Lipinski definition) is 1. The van der Waals surface area contributed by atoms with Crippen LogP contribution in [0.4, 0.5) is 5.69 Å². The lowest BCUT2D eigenvalue weighted by atomic mass is 10.0. The van der Waals surface area contributed by atoms with Crippen LogP contribution in [0.15, 0.2) is 88.3 Å². The van der Waals surface area contributed by atoms with Crippen LogP contribution in [0.25, 0.3) is 22.1 Å². The number of aromatic nitrogens is 2. The maximum atomic E-state index is 13.5. The number of furan rings is 1. The smallest absolute Gasteiger partial charge is 0.298 e. The molecule has 5 rings (SSSR count). The Morgan fingerprint density at radius 2 is 1.75 bits per heavy atom.